The van der Waals surface area contributed by atoms with Crippen molar-refractivity contribution < 1.29 is 8.42 Å². The van der Waals surface area contributed by atoms with Crippen molar-refractivity contribution in [3.05, 3.63) is 71.9 Å². The largest absolute Gasteiger partial charge is 0.283 e. The second-order valence-electron chi connectivity index (χ2n) is 5.40. The number of H-pyrrole nitrogens is 1. The van der Waals surface area contributed by atoms with Gasteiger partial charge in [-0.15, -0.1) is 0 Å². The summed E-state index contributed by atoms with van der Waals surface area (Å²) in [6.07, 6.45) is 1.67. The first-order valence-electron chi connectivity index (χ1n) is 7.18. The van der Waals surface area contributed by atoms with Gasteiger partial charge in [0.25, 0.3) is 0 Å². The molecule has 23 heavy (non-hydrogen) atoms. The molecular weight excluding hydrogens is 310 g/mol. The molecule has 3 rings (SSSR count). The Morgan fingerprint density at radius 2 is 1.87 bits per heavy atom. The van der Waals surface area contributed by atoms with Crippen LogP contribution in [0.2, 0.25) is 0 Å². The summed E-state index contributed by atoms with van der Waals surface area (Å²) in [5.74, 6) is -0.0447. The van der Waals surface area contributed by atoms with Gasteiger partial charge < -0.3 is 0 Å². The molecule has 1 aromatic heterocycles. The second kappa shape index (κ2) is 6.26. The molecule has 2 aromatic carbocycles. The van der Waals surface area contributed by atoms with E-state index >= 15 is 0 Å². The second-order valence-corrected chi connectivity index (χ2v) is 7.12. The Bertz CT molecular complexity index is 886. The maximum Gasteiger partial charge on any atom is 0.236 e. The maximum absolute atomic E-state index is 12.3. The van der Waals surface area contributed by atoms with Crippen molar-refractivity contribution in [1.82, 2.24) is 10.2 Å². The van der Waals surface area contributed by atoms with E-state index < -0.39 is 10.0 Å². The highest BCUT2D eigenvalue weighted by atomic mass is 32.2. The number of aromatic nitrogens is 2. The van der Waals surface area contributed by atoms with Crippen LogP contribution in [0.3, 0.4) is 0 Å². The predicted octanol–water partition coefficient (Wildman–Crippen LogP) is 3.33. The number of sulfonamides is 1. The Labute approximate surface area is 135 Å². The predicted molar refractivity (Wildman–Crippen MR) is 91.4 cm³/mol. The third-order valence-electron chi connectivity index (χ3n) is 3.41. The normalized spacial score (nSPS) is 11.3. The van der Waals surface area contributed by atoms with Gasteiger partial charge in [-0.3, -0.25) is 9.82 Å². The molecule has 2 N–H and O–H groups in total. The lowest BCUT2D eigenvalue weighted by Gasteiger charge is -2.09. The van der Waals surface area contributed by atoms with E-state index in [1.165, 1.54) is 0 Å². The van der Waals surface area contributed by atoms with Gasteiger partial charge in [0, 0.05) is 11.9 Å². The van der Waals surface area contributed by atoms with Crippen LogP contribution >= 0.6 is 0 Å². The molecule has 0 spiro atoms. The lowest BCUT2D eigenvalue weighted by atomic mass is 10.1. The zero-order chi connectivity index (χ0) is 16.3. The van der Waals surface area contributed by atoms with E-state index in [0.717, 1.165) is 22.4 Å². The zero-order valence-corrected chi connectivity index (χ0v) is 13.5. The number of hydrogen-bond donors (Lipinski definition) is 2. The van der Waals surface area contributed by atoms with Crippen molar-refractivity contribution in [1.29, 1.82) is 0 Å². The average molecular weight is 327 g/mol. The molecule has 0 saturated heterocycles. The van der Waals surface area contributed by atoms with E-state index in [1.807, 2.05) is 49.4 Å². The topological polar surface area (TPSA) is 74.8 Å². The van der Waals surface area contributed by atoms with E-state index in [1.54, 1.807) is 18.3 Å². The van der Waals surface area contributed by atoms with Gasteiger partial charge in [-0.25, -0.2) is 8.42 Å². The van der Waals surface area contributed by atoms with Gasteiger partial charge in [-0.2, -0.15) is 5.10 Å². The number of nitrogens with zero attached hydrogens (tertiary/aromatic N) is 1. The molecule has 0 aliphatic carbocycles. The Hall–Kier alpha value is -2.60. The highest BCUT2D eigenvalue weighted by molar-refractivity contribution is 7.91. The van der Waals surface area contributed by atoms with Crippen LogP contribution in [0.15, 0.2) is 60.8 Å². The van der Waals surface area contributed by atoms with E-state index in [4.69, 9.17) is 0 Å². The summed E-state index contributed by atoms with van der Waals surface area (Å²) >= 11 is 0. The lowest BCUT2D eigenvalue weighted by molar-refractivity contribution is 0.600. The molecule has 0 aliphatic heterocycles. The van der Waals surface area contributed by atoms with Crippen LogP contribution in [0.25, 0.3) is 11.3 Å². The smallest absolute Gasteiger partial charge is 0.236 e. The summed E-state index contributed by atoms with van der Waals surface area (Å²) in [5.41, 5.74) is 4.19. The monoisotopic (exact) mass is 327 g/mol. The summed E-state index contributed by atoms with van der Waals surface area (Å²) < 4.78 is 27.1. The first-order valence-corrected chi connectivity index (χ1v) is 8.83. The van der Waals surface area contributed by atoms with E-state index in [2.05, 4.69) is 14.9 Å². The van der Waals surface area contributed by atoms with Crippen LogP contribution in [0.4, 0.5) is 5.69 Å². The van der Waals surface area contributed by atoms with Crippen LogP contribution in [-0.4, -0.2) is 18.6 Å². The number of anilines is 1. The fourth-order valence-corrected chi connectivity index (χ4v) is 3.56. The Balaban J connectivity index is 1.73. The minimum Gasteiger partial charge on any atom is -0.283 e. The first-order chi connectivity index (χ1) is 11.0. The molecule has 0 bridgehead atoms. The highest BCUT2D eigenvalue weighted by Gasteiger charge is 2.12. The molecular formula is C17H17N3O2S. The average Bonchev–Trinajstić information content (AvgIpc) is 3.01. The summed E-state index contributed by atoms with van der Waals surface area (Å²) in [6.45, 7) is 1.94. The molecule has 0 aliphatic rings. The number of nitrogens with one attached hydrogen (secondary N) is 2. The quantitative estimate of drug-likeness (QED) is 0.755. The van der Waals surface area contributed by atoms with E-state index in [-0.39, 0.29) is 5.75 Å². The summed E-state index contributed by atoms with van der Waals surface area (Å²) in [5, 5.41) is 6.77. The maximum atomic E-state index is 12.3. The minimum absolute atomic E-state index is 0.0447. The van der Waals surface area contributed by atoms with Crippen molar-refractivity contribution >= 4 is 15.7 Å². The number of hydrogen-bond acceptors (Lipinski definition) is 3. The number of benzene rings is 2. The molecule has 0 fully saturated rings. The first kappa shape index (κ1) is 15.3. The van der Waals surface area contributed by atoms with Gasteiger partial charge in [-0.05, 0) is 36.2 Å². The molecule has 0 amide bonds. The fourth-order valence-electron chi connectivity index (χ4n) is 2.37. The SMILES string of the molecule is Cc1cccc(CS(=O)(=O)Nc2ccc(-c3ccn[nH]3)cc2)c1. The standard InChI is InChI=1S/C17H17N3O2S/c1-13-3-2-4-14(11-13)12-23(21,22)20-16-7-5-15(6-8-16)17-9-10-18-19-17/h2-11,20H,12H2,1H3,(H,18,19). The molecule has 1 heterocycles. The van der Waals surface area contributed by atoms with Crippen molar-refractivity contribution in [3.63, 3.8) is 0 Å². The van der Waals surface area contributed by atoms with Crippen LogP contribution < -0.4 is 4.72 Å². The van der Waals surface area contributed by atoms with Gasteiger partial charge >= 0.3 is 0 Å². The van der Waals surface area contributed by atoms with Gasteiger partial charge in [-0.1, -0.05) is 42.0 Å². The zero-order valence-electron chi connectivity index (χ0n) is 12.7. The molecule has 6 heteroatoms. The lowest BCUT2D eigenvalue weighted by Crippen LogP contribution is -2.15. The molecule has 0 unspecified atom stereocenters. The summed E-state index contributed by atoms with van der Waals surface area (Å²) in [7, 11) is -3.44. The fraction of sp³-hybridized carbons (Fsp3) is 0.118. The van der Waals surface area contributed by atoms with Crippen LogP contribution in [0, 0.1) is 6.92 Å². The molecule has 3 aromatic rings. The third-order valence-corrected chi connectivity index (χ3v) is 4.67. The van der Waals surface area contributed by atoms with Gasteiger partial charge in [0.05, 0.1) is 11.4 Å². The Morgan fingerprint density at radius 1 is 1.09 bits per heavy atom. The van der Waals surface area contributed by atoms with E-state index in [0.29, 0.717) is 5.69 Å². The van der Waals surface area contributed by atoms with Gasteiger partial charge in [0.2, 0.25) is 10.0 Å². The summed E-state index contributed by atoms with van der Waals surface area (Å²) in [6, 6.07) is 16.5. The van der Waals surface area contributed by atoms with Crippen LogP contribution in [0.5, 0.6) is 0 Å². The number of aryl methyl sites for hydroxylation is 1. The molecule has 0 radical (unpaired) electrons. The minimum atomic E-state index is -3.44. The van der Waals surface area contributed by atoms with Gasteiger partial charge in [0.1, 0.15) is 0 Å². The molecule has 0 atom stereocenters. The summed E-state index contributed by atoms with van der Waals surface area (Å²) in [4.78, 5) is 0. The highest BCUT2D eigenvalue weighted by Crippen LogP contribution is 2.20. The van der Waals surface area contributed by atoms with Crippen molar-refractivity contribution in [2.75, 3.05) is 4.72 Å². The number of rotatable bonds is 5. The molecule has 118 valence electrons. The van der Waals surface area contributed by atoms with E-state index in [9.17, 15) is 8.42 Å². The Kier molecular flexibility index (Phi) is 4.16. The third kappa shape index (κ3) is 3.98. The number of aromatic amines is 1. The Morgan fingerprint density at radius 3 is 2.52 bits per heavy atom. The molecule has 5 nitrogen and oxygen atoms in total. The van der Waals surface area contributed by atoms with Crippen molar-refractivity contribution in [2.24, 2.45) is 0 Å². The molecule has 0 saturated carbocycles. The van der Waals surface area contributed by atoms with Crippen LogP contribution in [-0.2, 0) is 15.8 Å². The van der Waals surface area contributed by atoms with Gasteiger partial charge in [0.15, 0.2) is 0 Å². The van der Waals surface area contributed by atoms with Crippen LogP contribution in [0.1, 0.15) is 11.1 Å². The van der Waals surface area contributed by atoms with Crippen molar-refractivity contribution in [3.8, 4) is 11.3 Å². The van der Waals surface area contributed by atoms with Crippen molar-refractivity contribution in [2.45, 2.75) is 12.7 Å².